The largest absolute Gasteiger partial charge is 0.497 e. The van der Waals surface area contributed by atoms with Crippen LogP contribution in [-0.4, -0.2) is 43.4 Å². The SMILES string of the molecule is COc1ccc(CNC(=O)c2cccc(-c3ccc(N4CCCCC4)nn3)c2)c(OC)c1. The van der Waals surface area contributed by atoms with E-state index >= 15 is 0 Å². The first-order valence-corrected chi connectivity index (χ1v) is 10.9. The summed E-state index contributed by atoms with van der Waals surface area (Å²) in [4.78, 5) is 15.0. The zero-order valence-electron chi connectivity index (χ0n) is 18.5. The molecule has 7 heteroatoms. The molecule has 1 saturated heterocycles. The molecule has 1 aliphatic rings. The van der Waals surface area contributed by atoms with Crippen molar-refractivity contribution in [2.75, 3.05) is 32.2 Å². The summed E-state index contributed by atoms with van der Waals surface area (Å²) < 4.78 is 10.6. The lowest BCUT2D eigenvalue weighted by Crippen LogP contribution is -2.30. The van der Waals surface area contributed by atoms with Gasteiger partial charge in [0.2, 0.25) is 0 Å². The van der Waals surface area contributed by atoms with Crippen LogP contribution in [0.15, 0.2) is 54.6 Å². The van der Waals surface area contributed by atoms with E-state index in [-0.39, 0.29) is 5.91 Å². The van der Waals surface area contributed by atoms with Crippen molar-refractivity contribution in [3.8, 4) is 22.8 Å². The maximum atomic E-state index is 12.8. The summed E-state index contributed by atoms with van der Waals surface area (Å²) in [5, 5.41) is 11.8. The summed E-state index contributed by atoms with van der Waals surface area (Å²) in [5.41, 5.74) is 3.04. The van der Waals surface area contributed by atoms with Crippen molar-refractivity contribution < 1.29 is 14.3 Å². The minimum Gasteiger partial charge on any atom is -0.497 e. The van der Waals surface area contributed by atoms with Crippen LogP contribution >= 0.6 is 0 Å². The van der Waals surface area contributed by atoms with Gasteiger partial charge in [-0.3, -0.25) is 4.79 Å². The number of hydrogen-bond acceptors (Lipinski definition) is 6. The van der Waals surface area contributed by atoms with Gasteiger partial charge in [-0.25, -0.2) is 0 Å². The molecule has 166 valence electrons. The van der Waals surface area contributed by atoms with Gasteiger partial charge in [0.15, 0.2) is 5.82 Å². The fraction of sp³-hybridized carbons (Fsp3) is 0.320. The molecule has 0 bridgehead atoms. The summed E-state index contributed by atoms with van der Waals surface area (Å²) in [6.07, 6.45) is 3.67. The highest BCUT2D eigenvalue weighted by molar-refractivity contribution is 5.95. The van der Waals surface area contributed by atoms with Crippen LogP contribution in [0, 0.1) is 0 Å². The van der Waals surface area contributed by atoms with Gasteiger partial charge in [-0.1, -0.05) is 12.1 Å². The number of nitrogens with one attached hydrogen (secondary N) is 1. The molecule has 1 aromatic heterocycles. The summed E-state index contributed by atoms with van der Waals surface area (Å²) in [7, 11) is 3.20. The second kappa shape index (κ2) is 10.1. The predicted molar refractivity (Wildman–Crippen MR) is 124 cm³/mol. The molecule has 2 heterocycles. The van der Waals surface area contributed by atoms with Gasteiger partial charge in [0.05, 0.1) is 19.9 Å². The van der Waals surface area contributed by atoms with E-state index in [1.807, 2.05) is 42.5 Å². The minimum absolute atomic E-state index is 0.164. The molecule has 1 fully saturated rings. The Balaban J connectivity index is 1.44. The molecule has 0 unspecified atom stereocenters. The van der Waals surface area contributed by atoms with Gasteiger partial charge in [-0.15, -0.1) is 10.2 Å². The maximum absolute atomic E-state index is 12.8. The quantitative estimate of drug-likeness (QED) is 0.606. The van der Waals surface area contributed by atoms with Gasteiger partial charge in [-0.2, -0.15) is 0 Å². The first-order valence-electron chi connectivity index (χ1n) is 10.9. The summed E-state index contributed by atoms with van der Waals surface area (Å²) in [6.45, 7) is 2.41. The number of ether oxygens (including phenoxy) is 2. The number of aromatic nitrogens is 2. The third-order valence-corrected chi connectivity index (χ3v) is 5.68. The molecular weight excluding hydrogens is 404 g/mol. The zero-order chi connectivity index (χ0) is 22.3. The van der Waals surface area contributed by atoms with Crippen LogP contribution in [0.2, 0.25) is 0 Å². The molecule has 1 N–H and O–H groups in total. The van der Waals surface area contributed by atoms with Gasteiger partial charge in [0.1, 0.15) is 11.5 Å². The monoisotopic (exact) mass is 432 g/mol. The highest BCUT2D eigenvalue weighted by atomic mass is 16.5. The van der Waals surface area contributed by atoms with E-state index in [4.69, 9.17) is 9.47 Å². The number of nitrogens with zero attached hydrogens (tertiary/aromatic N) is 3. The second-order valence-corrected chi connectivity index (χ2v) is 7.77. The van der Waals surface area contributed by atoms with Gasteiger partial charge in [0.25, 0.3) is 5.91 Å². The van der Waals surface area contributed by atoms with Gasteiger partial charge in [0, 0.05) is 42.4 Å². The summed E-state index contributed by atoms with van der Waals surface area (Å²) >= 11 is 0. The Hall–Kier alpha value is -3.61. The lowest BCUT2D eigenvalue weighted by atomic mass is 10.1. The molecule has 0 radical (unpaired) electrons. The number of methoxy groups -OCH3 is 2. The number of carbonyl (C=O) groups excluding carboxylic acids is 1. The van der Waals surface area contributed by atoms with Crippen LogP contribution < -0.4 is 19.7 Å². The Kier molecular flexibility index (Phi) is 6.84. The van der Waals surface area contributed by atoms with Crippen molar-refractivity contribution in [1.29, 1.82) is 0 Å². The number of anilines is 1. The van der Waals surface area contributed by atoms with Crippen LogP contribution in [0.5, 0.6) is 11.5 Å². The fourth-order valence-corrected chi connectivity index (χ4v) is 3.87. The van der Waals surface area contributed by atoms with Crippen LogP contribution in [0.3, 0.4) is 0 Å². The van der Waals surface area contributed by atoms with E-state index < -0.39 is 0 Å². The Labute approximate surface area is 188 Å². The average molecular weight is 433 g/mol. The molecule has 4 rings (SSSR count). The Morgan fingerprint density at radius 3 is 2.53 bits per heavy atom. The van der Waals surface area contributed by atoms with E-state index in [1.54, 1.807) is 26.4 Å². The van der Waals surface area contributed by atoms with Gasteiger partial charge >= 0.3 is 0 Å². The number of hydrogen-bond donors (Lipinski definition) is 1. The molecule has 0 spiro atoms. The van der Waals surface area contributed by atoms with Crippen LogP contribution in [0.4, 0.5) is 5.82 Å². The smallest absolute Gasteiger partial charge is 0.251 e. The molecule has 2 aromatic carbocycles. The first kappa shape index (κ1) is 21.6. The van der Waals surface area contributed by atoms with Crippen LogP contribution in [-0.2, 0) is 6.54 Å². The van der Waals surface area contributed by atoms with Crippen molar-refractivity contribution in [3.05, 3.63) is 65.7 Å². The number of piperidine rings is 1. The van der Waals surface area contributed by atoms with Crippen LogP contribution in [0.1, 0.15) is 35.2 Å². The second-order valence-electron chi connectivity index (χ2n) is 7.77. The molecule has 0 aliphatic carbocycles. The van der Waals surface area contributed by atoms with Crippen molar-refractivity contribution in [1.82, 2.24) is 15.5 Å². The van der Waals surface area contributed by atoms with Gasteiger partial charge < -0.3 is 19.7 Å². The standard InChI is InChI=1S/C25H28N4O3/c1-31-21-10-9-20(23(16-21)32-2)17-26-25(30)19-8-6-7-18(15-19)22-11-12-24(28-27-22)29-13-4-3-5-14-29/h6-12,15-16H,3-5,13-14,17H2,1-2H3,(H,26,30). The molecule has 1 amide bonds. The lowest BCUT2D eigenvalue weighted by molar-refractivity contribution is 0.0950. The van der Waals surface area contributed by atoms with E-state index in [0.717, 1.165) is 35.7 Å². The van der Waals surface area contributed by atoms with Crippen molar-refractivity contribution in [2.45, 2.75) is 25.8 Å². The van der Waals surface area contributed by atoms with E-state index in [2.05, 4.69) is 20.4 Å². The van der Waals surface area contributed by atoms with Crippen molar-refractivity contribution >= 4 is 11.7 Å². The molecule has 0 atom stereocenters. The zero-order valence-corrected chi connectivity index (χ0v) is 18.5. The van der Waals surface area contributed by atoms with E-state index in [9.17, 15) is 4.79 Å². The normalized spacial score (nSPS) is 13.5. The highest BCUT2D eigenvalue weighted by Crippen LogP contribution is 2.25. The van der Waals surface area contributed by atoms with E-state index in [0.29, 0.717) is 23.6 Å². The van der Waals surface area contributed by atoms with E-state index in [1.165, 1.54) is 19.3 Å². The maximum Gasteiger partial charge on any atom is 0.251 e. The minimum atomic E-state index is -0.164. The Bertz CT molecular complexity index is 1060. The molecule has 0 saturated carbocycles. The highest BCUT2D eigenvalue weighted by Gasteiger charge is 2.14. The van der Waals surface area contributed by atoms with Gasteiger partial charge in [-0.05, 0) is 55.7 Å². The number of carbonyl (C=O) groups is 1. The third kappa shape index (κ3) is 4.99. The van der Waals surface area contributed by atoms with Crippen LogP contribution in [0.25, 0.3) is 11.3 Å². The Morgan fingerprint density at radius 2 is 1.81 bits per heavy atom. The first-order chi connectivity index (χ1) is 15.7. The summed E-state index contributed by atoms with van der Waals surface area (Å²) in [5.74, 6) is 2.12. The summed E-state index contributed by atoms with van der Waals surface area (Å²) in [6, 6.07) is 16.9. The number of amides is 1. The van der Waals surface area contributed by atoms with Crippen molar-refractivity contribution in [2.24, 2.45) is 0 Å². The third-order valence-electron chi connectivity index (χ3n) is 5.68. The number of rotatable bonds is 7. The molecule has 32 heavy (non-hydrogen) atoms. The van der Waals surface area contributed by atoms with Crippen molar-refractivity contribution in [3.63, 3.8) is 0 Å². The lowest BCUT2D eigenvalue weighted by Gasteiger charge is -2.27. The molecular formula is C25H28N4O3. The Morgan fingerprint density at radius 1 is 0.969 bits per heavy atom. The topological polar surface area (TPSA) is 76.6 Å². The fourth-order valence-electron chi connectivity index (χ4n) is 3.87. The number of benzene rings is 2. The molecule has 3 aromatic rings. The predicted octanol–water partition coefficient (Wildman–Crippen LogP) is 4.08. The average Bonchev–Trinajstić information content (AvgIpc) is 2.87. The molecule has 1 aliphatic heterocycles. The molecule has 7 nitrogen and oxygen atoms in total.